The Kier molecular flexibility index (Phi) is 2.86. The normalized spacial score (nSPS) is 10.5. The number of aliphatic carboxylic acids is 1. The quantitative estimate of drug-likeness (QED) is 0.859. The molecule has 88 valence electrons. The molecule has 0 radical (unpaired) electrons. The molecular formula is C11H8F2N2O2. The van der Waals surface area contributed by atoms with Gasteiger partial charge >= 0.3 is 5.97 Å². The van der Waals surface area contributed by atoms with E-state index in [1.807, 2.05) is 0 Å². The first-order valence-electron chi connectivity index (χ1n) is 4.78. The van der Waals surface area contributed by atoms with Gasteiger partial charge in [0, 0.05) is 17.3 Å². The number of halogens is 2. The largest absolute Gasteiger partial charge is 0.481 e. The lowest BCUT2D eigenvalue weighted by molar-refractivity contribution is -0.136. The van der Waals surface area contributed by atoms with Crippen LogP contribution in [0.4, 0.5) is 8.78 Å². The highest BCUT2D eigenvalue weighted by Gasteiger charge is 2.11. The van der Waals surface area contributed by atoms with Crippen molar-refractivity contribution in [2.75, 3.05) is 0 Å². The van der Waals surface area contributed by atoms with Crippen LogP contribution in [0.25, 0.3) is 11.3 Å². The molecule has 0 aliphatic heterocycles. The summed E-state index contributed by atoms with van der Waals surface area (Å²) in [5.74, 6) is -2.43. The summed E-state index contributed by atoms with van der Waals surface area (Å²) in [5, 5.41) is 14.8. The van der Waals surface area contributed by atoms with Crippen LogP contribution >= 0.6 is 0 Å². The number of nitrogens with zero attached hydrogens (tertiary/aromatic N) is 1. The van der Waals surface area contributed by atoms with Crippen LogP contribution in [0.5, 0.6) is 0 Å². The van der Waals surface area contributed by atoms with Gasteiger partial charge in [-0.25, -0.2) is 8.78 Å². The lowest BCUT2D eigenvalue weighted by atomic mass is 10.1. The third kappa shape index (κ3) is 2.47. The van der Waals surface area contributed by atoms with Gasteiger partial charge < -0.3 is 5.11 Å². The summed E-state index contributed by atoms with van der Waals surface area (Å²) < 4.78 is 26.1. The molecule has 1 aromatic carbocycles. The van der Waals surface area contributed by atoms with Crippen molar-refractivity contribution in [2.45, 2.75) is 6.42 Å². The van der Waals surface area contributed by atoms with Crippen molar-refractivity contribution in [2.24, 2.45) is 0 Å². The van der Waals surface area contributed by atoms with E-state index < -0.39 is 17.6 Å². The zero-order valence-corrected chi connectivity index (χ0v) is 8.58. The predicted molar refractivity (Wildman–Crippen MR) is 55.3 cm³/mol. The maximum absolute atomic E-state index is 13.4. The molecule has 2 aromatic rings. The molecule has 2 N–H and O–H groups in total. The van der Waals surface area contributed by atoms with E-state index in [0.29, 0.717) is 5.69 Å². The van der Waals surface area contributed by atoms with Crippen LogP contribution in [-0.2, 0) is 11.2 Å². The molecule has 0 saturated heterocycles. The van der Waals surface area contributed by atoms with Crippen molar-refractivity contribution < 1.29 is 18.7 Å². The Morgan fingerprint density at radius 2 is 2.12 bits per heavy atom. The minimum absolute atomic E-state index is 0.124. The van der Waals surface area contributed by atoms with Crippen LogP contribution in [0, 0.1) is 11.6 Å². The van der Waals surface area contributed by atoms with Gasteiger partial charge in [0.25, 0.3) is 0 Å². The van der Waals surface area contributed by atoms with E-state index in [1.54, 1.807) is 0 Å². The summed E-state index contributed by atoms with van der Waals surface area (Å²) in [6.07, 6.45) is -0.226. The number of aromatic amines is 1. The van der Waals surface area contributed by atoms with Crippen LogP contribution in [0.2, 0.25) is 0 Å². The molecule has 0 fully saturated rings. The zero-order valence-electron chi connectivity index (χ0n) is 8.58. The van der Waals surface area contributed by atoms with Crippen LogP contribution < -0.4 is 0 Å². The number of carboxylic acid groups (broad SMARTS) is 1. The van der Waals surface area contributed by atoms with E-state index in [1.165, 1.54) is 12.1 Å². The van der Waals surface area contributed by atoms with Gasteiger partial charge in [-0.05, 0) is 18.2 Å². The minimum atomic E-state index is -1.01. The monoisotopic (exact) mass is 238 g/mol. The summed E-state index contributed by atoms with van der Waals surface area (Å²) in [6.45, 7) is 0. The van der Waals surface area contributed by atoms with Gasteiger partial charge in [0.05, 0.1) is 12.1 Å². The smallest absolute Gasteiger partial charge is 0.309 e. The van der Waals surface area contributed by atoms with Crippen LogP contribution in [0.1, 0.15) is 5.69 Å². The second-order valence-electron chi connectivity index (χ2n) is 3.47. The Balaban J connectivity index is 2.33. The molecule has 1 heterocycles. The number of H-pyrrole nitrogens is 1. The highest BCUT2D eigenvalue weighted by molar-refractivity contribution is 5.70. The lowest BCUT2D eigenvalue weighted by Crippen LogP contribution is -1.99. The van der Waals surface area contributed by atoms with Gasteiger partial charge in [0.2, 0.25) is 0 Å². The first kappa shape index (κ1) is 11.3. The van der Waals surface area contributed by atoms with Gasteiger partial charge in [0.1, 0.15) is 11.6 Å². The molecule has 0 unspecified atom stereocenters. The molecule has 0 amide bonds. The number of carbonyl (C=O) groups is 1. The first-order chi connectivity index (χ1) is 8.06. The average Bonchev–Trinajstić information content (AvgIpc) is 2.65. The van der Waals surface area contributed by atoms with Crippen molar-refractivity contribution in [3.05, 3.63) is 41.6 Å². The third-order valence-electron chi connectivity index (χ3n) is 2.18. The fourth-order valence-electron chi connectivity index (χ4n) is 1.45. The van der Waals surface area contributed by atoms with E-state index in [-0.39, 0.29) is 17.7 Å². The summed E-state index contributed by atoms with van der Waals surface area (Å²) >= 11 is 0. The fraction of sp³-hybridized carbons (Fsp3) is 0.0909. The molecule has 17 heavy (non-hydrogen) atoms. The topological polar surface area (TPSA) is 66.0 Å². The zero-order chi connectivity index (χ0) is 12.4. The molecule has 0 bridgehead atoms. The number of hydrogen-bond acceptors (Lipinski definition) is 2. The highest BCUT2D eigenvalue weighted by Crippen LogP contribution is 2.22. The van der Waals surface area contributed by atoms with E-state index in [9.17, 15) is 13.6 Å². The highest BCUT2D eigenvalue weighted by atomic mass is 19.1. The van der Waals surface area contributed by atoms with Crippen molar-refractivity contribution in [3.8, 4) is 11.3 Å². The number of benzene rings is 1. The van der Waals surface area contributed by atoms with E-state index in [0.717, 1.165) is 12.1 Å². The van der Waals surface area contributed by atoms with Crippen molar-refractivity contribution in [1.29, 1.82) is 0 Å². The molecule has 6 heteroatoms. The fourth-order valence-corrected chi connectivity index (χ4v) is 1.45. The van der Waals surface area contributed by atoms with Crippen molar-refractivity contribution in [1.82, 2.24) is 10.2 Å². The number of hydrogen-bond donors (Lipinski definition) is 2. The maximum atomic E-state index is 13.4. The Labute approximate surface area is 94.9 Å². The van der Waals surface area contributed by atoms with Crippen molar-refractivity contribution >= 4 is 5.97 Å². The summed E-state index contributed by atoms with van der Waals surface area (Å²) in [4.78, 5) is 10.5. The molecule has 2 rings (SSSR count). The molecule has 1 aromatic heterocycles. The molecule has 0 spiro atoms. The van der Waals surface area contributed by atoms with Gasteiger partial charge in [-0.3, -0.25) is 9.89 Å². The van der Waals surface area contributed by atoms with Crippen molar-refractivity contribution in [3.63, 3.8) is 0 Å². The van der Waals surface area contributed by atoms with Gasteiger partial charge in [-0.2, -0.15) is 5.10 Å². The average molecular weight is 238 g/mol. The maximum Gasteiger partial charge on any atom is 0.309 e. The number of nitrogens with one attached hydrogen (secondary N) is 1. The second kappa shape index (κ2) is 4.32. The second-order valence-corrected chi connectivity index (χ2v) is 3.47. The molecule has 0 saturated carbocycles. The summed E-state index contributed by atoms with van der Waals surface area (Å²) in [6, 6.07) is 4.54. The number of carboxylic acids is 1. The van der Waals surface area contributed by atoms with Crippen LogP contribution in [-0.4, -0.2) is 21.3 Å². The molecule has 4 nitrogen and oxygen atoms in total. The number of rotatable bonds is 3. The first-order valence-corrected chi connectivity index (χ1v) is 4.78. The molecule has 0 aliphatic carbocycles. The number of aromatic nitrogens is 2. The predicted octanol–water partition coefficient (Wildman–Crippen LogP) is 1.98. The molecular weight excluding hydrogens is 230 g/mol. The van der Waals surface area contributed by atoms with Gasteiger partial charge in [-0.1, -0.05) is 0 Å². The van der Waals surface area contributed by atoms with Crippen LogP contribution in [0.15, 0.2) is 24.3 Å². The van der Waals surface area contributed by atoms with Gasteiger partial charge in [-0.15, -0.1) is 0 Å². The van der Waals surface area contributed by atoms with Crippen LogP contribution in [0.3, 0.4) is 0 Å². The summed E-state index contributed by atoms with van der Waals surface area (Å²) in [7, 11) is 0. The minimum Gasteiger partial charge on any atom is -0.481 e. The SMILES string of the molecule is O=C(O)Cc1cc(-c2ccc(F)cc2F)n[nH]1. The van der Waals surface area contributed by atoms with E-state index in [4.69, 9.17) is 5.11 Å². The summed E-state index contributed by atoms with van der Waals surface area (Å²) in [5.41, 5.74) is 0.731. The van der Waals surface area contributed by atoms with Gasteiger partial charge in [0.15, 0.2) is 0 Å². The third-order valence-corrected chi connectivity index (χ3v) is 2.18. The Bertz CT molecular complexity index is 566. The Morgan fingerprint density at radius 1 is 1.35 bits per heavy atom. The Hall–Kier alpha value is -2.24. The van der Waals surface area contributed by atoms with E-state index >= 15 is 0 Å². The standard InChI is InChI=1S/C11H8F2N2O2/c12-6-1-2-8(9(13)3-6)10-4-7(14-15-10)5-11(16)17/h1-4H,5H2,(H,14,15)(H,16,17). The molecule has 0 aliphatic rings. The Morgan fingerprint density at radius 3 is 2.76 bits per heavy atom. The lowest BCUT2D eigenvalue weighted by Gasteiger charge is -1.98. The van der Waals surface area contributed by atoms with E-state index in [2.05, 4.69) is 10.2 Å². The molecule has 0 atom stereocenters.